The SMILES string of the molecule is Cc1cc(-n2c(C3CCOCC3)c([C@H]3C[C@@H](C(=O)O)C3)c3cc(O)ccc32)ccc1F. The van der Waals surface area contributed by atoms with Crippen molar-refractivity contribution in [2.45, 2.75) is 44.4 Å². The molecule has 5 nitrogen and oxygen atoms in total. The summed E-state index contributed by atoms with van der Waals surface area (Å²) in [5, 5.41) is 20.6. The number of benzene rings is 2. The summed E-state index contributed by atoms with van der Waals surface area (Å²) in [6.45, 7) is 3.12. The van der Waals surface area contributed by atoms with E-state index in [9.17, 15) is 19.4 Å². The number of phenols is 1. The van der Waals surface area contributed by atoms with Gasteiger partial charge >= 0.3 is 5.97 Å². The molecule has 2 heterocycles. The van der Waals surface area contributed by atoms with Crippen molar-refractivity contribution in [3.63, 3.8) is 0 Å². The molecule has 0 amide bonds. The van der Waals surface area contributed by atoms with E-state index in [1.165, 1.54) is 6.07 Å². The highest BCUT2D eigenvalue weighted by molar-refractivity contribution is 5.90. The van der Waals surface area contributed by atoms with Crippen LogP contribution < -0.4 is 0 Å². The maximum atomic E-state index is 14.0. The molecule has 1 aliphatic carbocycles. The number of carbonyl (C=O) groups is 1. The van der Waals surface area contributed by atoms with Crippen molar-refractivity contribution in [2.24, 2.45) is 5.92 Å². The Hall–Kier alpha value is -2.86. The normalized spacial score (nSPS) is 21.9. The highest BCUT2D eigenvalue weighted by atomic mass is 19.1. The molecule has 2 aromatic carbocycles. The number of nitrogens with zero attached hydrogens (tertiary/aromatic N) is 1. The summed E-state index contributed by atoms with van der Waals surface area (Å²) in [4.78, 5) is 11.5. The first-order valence-electron chi connectivity index (χ1n) is 10.9. The zero-order chi connectivity index (χ0) is 21.7. The Morgan fingerprint density at radius 2 is 1.84 bits per heavy atom. The van der Waals surface area contributed by atoms with Gasteiger partial charge in [-0.15, -0.1) is 0 Å². The first-order valence-corrected chi connectivity index (χ1v) is 10.9. The molecule has 3 aromatic rings. The van der Waals surface area contributed by atoms with Crippen molar-refractivity contribution in [3.05, 3.63) is 59.0 Å². The van der Waals surface area contributed by atoms with Crippen LogP contribution in [0, 0.1) is 18.7 Å². The Morgan fingerprint density at radius 1 is 1.10 bits per heavy atom. The minimum absolute atomic E-state index is 0.131. The molecule has 6 heteroatoms. The predicted molar refractivity (Wildman–Crippen MR) is 116 cm³/mol. The molecule has 2 aliphatic rings. The molecule has 5 rings (SSSR count). The lowest BCUT2D eigenvalue weighted by molar-refractivity contribution is -0.145. The van der Waals surface area contributed by atoms with E-state index in [1.807, 2.05) is 12.1 Å². The number of aryl methyl sites for hydroxylation is 1. The standard InChI is InChI=1S/C25H26FNO4/c1-14-10-18(2-4-21(14)26)27-22-5-3-19(28)13-20(22)23(16-11-17(12-16)25(29)30)24(27)15-6-8-31-9-7-15/h2-5,10,13,15-17,28H,6-9,11-12H2,1H3,(H,29,30)/t16-,17+. The molecule has 0 bridgehead atoms. The summed E-state index contributed by atoms with van der Waals surface area (Å²) in [7, 11) is 0. The number of phenolic OH excluding ortho intramolecular Hbond substituents is 1. The summed E-state index contributed by atoms with van der Waals surface area (Å²) in [6, 6.07) is 10.5. The summed E-state index contributed by atoms with van der Waals surface area (Å²) < 4.78 is 21.8. The molecular weight excluding hydrogens is 397 g/mol. The fourth-order valence-electron chi connectivity index (χ4n) is 5.23. The second-order valence-electron chi connectivity index (χ2n) is 8.86. The van der Waals surface area contributed by atoms with Crippen molar-refractivity contribution in [1.82, 2.24) is 4.57 Å². The van der Waals surface area contributed by atoms with Crippen molar-refractivity contribution in [3.8, 4) is 11.4 Å². The van der Waals surface area contributed by atoms with Gasteiger partial charge in [0.15, 0.2) is 0 Å². The number of halogens is 1. The number of ether oxygens (including phenoxy) is 1. The summed E-state index contributed by atoms with van der Waals surface area (Å²) in [5.41, 5.74) is 4.71. The Morgan fingerprint density at radius 3 is 2.52 bits per heavy atom. The topological polar surface area (TPSA) is 71.7 Å². The zero-order valence-corrected chi connectivity index (χ0v) is 17.5. The minimum atomic E-state index is -0.746. The van der Waals surface area contributed by atoms with E-state index in [1.54, 1.807) is 25.1 Å². The van der Waals surface area contributed by atoms with Gasteiger partial charge in [-0.1, -0.05) is 0 Å². The Labute approximate surface area is 180 Å². The van der Waals surface area contributed by atoms with Gasteiger partial charge in [0.05, 0.1) is 11.4 Å². The van der Waals surface area contributed by atoms with E-state index in [0.29, 0.717) is 31.6 Å². The second-order valence-corrected chi connectivity index (χ2v) is 8.86. The molecule has 1 saturated heterocycles. The number of carboxylic acid groups (broad SMARTS) is 1. The number of hydrogen-bond donors (Lipinski definition) is 2. The second kappa shape index (κ2) is 7.68. The van der Waals surface area contributed by atoms with E-state index < -0.39 is 5.97 Å². The Kier molecular flexibility index (Phi) is 4.97. The minimum Gasteiger partial charge on any atom is -0.508 e. The first kappa shape index (κ1) is 20.1. The van der Waals surface area contributed by atoms with Gasteiger partial charge in [0, 0.05) is 35.9 Å². The van der Waals surface area contributed by atoms with Crippen LogP contribution in [0.4, 0.5) is 4.39 Å². The van der Waals surface area contributed by atoms with Crippen molar-refractivity contribution in [2.75, 3.05) is 13.2 Å². The highest BCUT2D eigenvalue weighted by Gasteiger charge is 2.40. The molecule has 1 aromatic heterocycles. The van der Waals surface area contributed by atoms with Crippen LogP contribution in [-0.2, 0) is 9.53 Å². The van der Waals surface area contributed by atoms with Gasteiger partial charge < -0.3 is 19.5 Å². The number of hydrogen-bond acceptors (Lipinski definition) is 3. The number of aromatic hydroxyl groups is 1. The summed E-state index contributed by atoms with van der Waals surface area (Å²) >= 11 is 0. The van der Waals surface area contributed by atoms with Gasteiger partial charge in [0.25, 0.3) is 0 Å². The van der Waals surface area contributed by atoms with Gasteiger partial charge in [-0.2, -0.15) is 0 Å². The third-order valence-corrected chi connectivity index (χ3v) is 6.93. The molecule has 2 fully saturated rings. The lowest BCUT2D eigenvalue weighted by Gasteiger charge is -2.35. The van der Waals surface area contributed by atoms with Gasteiger partial charge in [-0.25, -0.2) is 4.39 Å². The number of rotatable bonds is 4. The van der Waals surface area contributed by atoms with Crippen LogP contribution >= 0.6 is 0 Å². The van der Waals surface area contributed by atoms with Gasteiger partial charge in [0.1, 0.15) is 11.6 Å². The van der Waals surface area contributed by atoms with Gasteiger partial charge in [-0.05, 0) is 86.1 Å². The monoisotopic (exact) mass is 423 g/mol. The van der Waals surface area contributed by atoms with Gasteiger partial charge in [0.2, 0.25) is 0 Å². The largest absolute Gasteiger partial charge is 0.508 e. The Balaban J connectivity index is 1.76. The predicted octanol–water partition coefficient (Wildman–Crippen LogP) is 5.26. The molecule has 0 radical (unpaired) electrons. The number of aromatic nitrogens is 1. The highest BCUT2D eigenvalue weighted by Crippen LogP contribution is 2.50. The number of carboxylic acids is 1. The third kappa shape index (κ3) is 3.39. The van der Waals surface area contributed by atoms with Crippen LogP contribution in [0.25, 0.3) is 16.6 Å². The van der Waals surface area contributed by atoms with Crippen LogP contribution in [0.5, 0.6) is 5.75 Å². The lowest BCUT2D eigenvalue weighted by Crippen LogP contribution is -2.30. The molecule has 0 unspecified atom stereocenters. The fraction of sp³-hybridized carbons (Fsp3) is 0.400. The van der Waals surface area contributed by atoms with E-state index in [-0.39, 0.29) is 29.3 Å². The fourth-order valence-corrected chi connectivity index (χ4v) is 5.23. The van der Waals surface area contributed by atoms with Crippen molar-refractivity contribution >= 4 is 16.9 Å². The van der Waals surface area contributed by atoms with E-state index in [4.69, 9.17) is 4.74 Å². The molecule has 1 aliphatic heterocycles. The van der Waals surface area contributed by atoms with E-state index >= 15 is 0 Å². The summed E-state index contributed by atoms with van der Waals surface area (Å²) in [6.07, 6.45) is 2.96. The average Bonchev–Trinajstić information content (AvgIpc) is 3.03. The molecule has 0 atom stereocenters. The van der Waals surface area contributed by atoms with Crippen LogP contribution in [0.1, 0.15) is 54.3 Å². The first-order chi connectivity index (χ1) is 14.9. The smallest absolute Gasteiger partial charge is 0.306 e. The molecule has 162 valence electrons. The quantitative estimate of drug-likeness (QED) is 0.601. The van der Waals surface area contributed by atoms with Crippen molar-refractivity contribution in [1.29, 1.82) is 0 Å². The van der Waals surface area contributed by atoms with E-state index in [0.717, 1.165) is 40.7 Å². The van der Waals surface area contributed by atoms with Crippen LogP contribution in [0.15, 0.2) is 36.4 Å². The van der Waals surface area contributed by atoms with Crippen LogP contribution in [0.3, 0.4) is 0 Å². The molecule has 31 heavy (non-hydrogen) atoms. The lowest BCUT2D eigenvalue weighted by atomic mass is 9.69. The van der Waals surface area contributed by atoms with Crippen molar-refractivity contribution < 1.29 is 24.1 Å². The van der Waals surface area contributed by atoms with Crippen LogP contribution in [-0.4, -0.2) is 34.0 Å². The number of aliphatic carboxylic acids is 1. The Bertz CT molecular complexity index is 1160. The van der Waals surface area contributed by atoms with Crippen LogP contribution in [0.2, 0.25) is 0 Å². The zero-order valence-electron chi connectivity index (χ0n) is 17.5. The molecule has 1 saturated carbocycles. The number of fused-ring (bicyclic) bond motifs is 1. The maximum Gasteiger partial charge on any atom is 0.306 e. The van der Waals surface area contributed by atoms with Gasteiger partial charge in [-0.3, -0.25) is 4.79 Å². The third-order valence-electron chi connectivity index (χ3n) is 6.93. The average molecular weight is 423 g/mol. The molecule has 0 spiro atoms. The van der Waals surface area contributed by atoms with E-state index in [2.05, 4.69) is 4.57 Å². The molecule has 2 N–H and O–H groups in total. The summed E-state index contributed by atoms with van der Waals surface area (Å²) in [5.74, 6) is -0.734. The maximum absolute atomic E-state index is 14.0. The molecular formula is C25H26FNO4.